The lowest BCUT2D eigenvalue weighted by Crippen LogP contribution is -2.55. The molecule has 0 aromatic carbocycles. The van der Waals surface area contributed by atoms with Gasteiger partial charge in [0.25, 0.3) is 0 Å². The van der Waals surface area contributed by atoms with Gasteiger partial charge in [0, 0.05) is 0 Å². The molecule has 1 aliphatic heterocycles. The summed E-state index contributed by atoms with van der Waals surface area (Å²) in [6.45, 7) is 0. The van der Waals surface area contributed by atoms with E-state index in [-0.39, 0.29) is 5.88 Å². The molecule has 6 heteroatoms. The van der Waals surface area contributed by atoms with Crippen LogP contribution in [0.5, 0.6) is 0 Å². The number of halogens is 2. The third kappa shape index (κ3) is 1.84. The molecule has 0 bridgehead atoms. The van der Waals surface area contributed by atoms with Crippen molar-refractivity contribution in [3.63, 3.8) is 0 Å². The average molecular weight is 217 g/mol. The van der Waals surface area contributed by atoms with E-state index in [9.17, 15) is 5.11 Å². The van der Waals surface area contributed by atoms with Gasteiger partial charge < -0.3 is 20.1 Å². The Kier molecular flexibility index (Phi) is 3.58. The van der Waals surface area contributed by atoms with Crippen LogP contribution in [0.1, 0.15) is 0 Å². The topological polar surface area (TPSA) is 69.9 Å². The van der Waals surface area contributed by atoms with Crippen molar-refractivity contribution in [2.75, 3.05) is 5.88 Å². The molecule has 1 fully saturated rings. The van der Waals surface area contributed by atoms with Crippen LogP contribution in [-0.2, 0) is 4.74 Å². The first kappa shape index (κ1) is 10.5. The van der Waals surface area contributed by atoms with E-state index in [0.717, 1.165) is 0 Å². The van der Waals surface area contributed by atoms with E-state index in [1.807, 2.05) is 0 Å². The SMILES string of the molecule is O[C@@H]1[C@H](O)[C@H](O)O[C@H](CCl)[C@@H]1Cl. The zero-order valence-corrected chi connectivity index (χ0v) is 7.61. The number of aliphatic hydroxyl groups is 3. The summed E-state index contributed by atoms with van der Waals surface area (Å²) in [7, 11) is 0. The predicted molar refractivity (Wildman–Crippen MR) is 43.3 cm³/mol. The average Bonchev–Trinajstić information content (AvgIpc) is 2.08. The maximum atomic E-state index is 9.24. The second kappa shape index (κ2) is 4.09. The van der Waals surface area contributed by atoms with E-state index in [1.54, 1.807) is 0 Å². The number of hydrogen-bond donors (Lipinski definition) is 3. The van der Waals surface area contributed by atoms with E-state index in [1.165, 1.54) is 0 Å². The van der Waals surface area contributed by atoms with Gasteiger partial charge in [-0.15, -0.1) is 23.2 Å². The van der Waals surface area contributed by atoms with Crippen LogP contribution in [0.4, 0.5) is 0 Å². The first-order chi connectivity index (χ1) is 5.57. The summed E-state index contributed by atoms with van der Waals surface area (Å²) in [5.41, 5.74) is 0. The third-order valence-corrected chi connectivity index (χ3v) is 2.63. The summed E-state index contributed by atoms with van der Waals surface area (Å²) in [5, 5.41) is 26.5. The van der Waals surface area contributed by atoms with E-state index >= 15 is 0 Å². The Morgan fingerprint density at radius 2 is 1.75 bits per heavy atom. The molecule has 5 atom stereocenters. The summed E-state index contributed by atoms with van der Waals surface area (Å²) >= 11 is 11.1. The minimum Gasteiger partial charge on any atom is -0.389 e. The fourth-order valence-electron chi connectivity index (χ4n) is 1.03. The van der Waals surface area contributed by atoms with Crippen LogP contribution >= 0.6 is 23.2 Å². The van der Waals surface area contributed by atoms with Crippen molar-refractivity contribution in [1.29, 1.82) is 0 Å². The summed E-state index contributed by atoms with van der Waals surface area (Å²) in [6, 6.07) is 0. The standard InChI is InChI=1S/C6H10Cl2O4/c7-1-2-3(8)4(9)5(10)6(11)12-2/h2-6,9-11H,1H2/t2-,3+,4+,5+,6-/m1/s1. The number of rotatable bonds is 1. The van der Waals surface area contributed by atoms with Crippen LogP contribution in [0.2, 0.25) is 0 Å². The first-order valence-electron chi connectivity index (χ1n) is 3.47. The van der Waals surface area contributed by atoms with Gasteiger partial charge in [-0.05, 0) is 0 Å². The zero-order valence-electron chi connectivity index (χ0n) is 6.10. The van der Waals surface area contributed by atoms with Crippen molar-refractivity contribution in [3.05, 3.63) is 0 Å². The maximum absolute atomic E-state index is 9.24. The van der Waals surface area contributed by atoms with E-state index in [2.05, 4.69) is 0 Å². The van der Waals surface area contributed by atoms with Crippen molar-refractivity contribution in [1.82, 2.24) is 0 Å². The first-order valence-corrected chi connectivity index (χ1v) is 4.44. The van der Waals surface area contributed by atoms with E-state index in [4.69, 9.17) is 38.2 Å². The van der Waals surface area contributed by atoms with Crippen molar-refractivity contribution in [3.8, 4) is 0 Å². The highest BCUT2D eigenvalue weighted by Crippen LogP contribution is 2.24. The fourth-order valence-corrected chi connectivity index (χ4v) is 1.69. The van der Waals surface area contributed by atoms with Crippen LogP contribution in [0.3, 0.4) is 0 Å². The van der Waals surface area contributed by atoms with Gasteiger partial charge >= 0.3 is 0 Å². The Morgan fingerprint density at radius 1 is 1.17 bits per heavy atom. The molecule has 12 heavy (non-hydrogen) atoms. The maximum Gasteiger partial charge on any atom is 0.183 e. The highest BCUT2D eigenvalue weighted by molar-refractivity contribution is 6.23. The summed E-state index contributed by atoms with van der Waals surface area (Å²) < 4.78 is 4.81. The summed E-state index contributed by atoms with van der Waals surface area (Å²) in [4.78, 5) is 0. The van der Waals surface area contributed by atoms with Gasteiger partial charge in [0.05, 0.1) is 17.4 Å². The number of ether oxygens (including phenoxy) is 1. The molecule has 0 saturated carbocycles. The second-order valence-electron chi connectivity index (χ2n) is 2.65. The normalized spacial score (nSPS) is 49.2. The Labute approximate surface area is 79.7 Å². The third-order valence-electron chi connectivity index (χ3n) is 1.79. The second-order valence-corrected chi connectivity index (χ2v) is 3.46. The van der Waals surface area contributed by atoms with Crippen LogP contribution in [0, 0.1) is 0 Å². The molecule has 0 aliphatic carbocycles. The van der Waals surface area contributed by atoms with Crippen molar-refractivity contribution in [2.24, 2.45) is 0 Å². The van der Waals surface area contributed by atoms with Gasteiger partial charge in [-0.1, -0.05) is 0 Å². The molecule has 0 amide bonds. The smallest absolute Gasteiger partial charge is 0.183 e. The number of alkyl halides is 2. The zero-order chi connectivity index (χ0) is 9.30. The van der Waals surface area contributed by atoms with Crippen LogP contribution in [-0.4, -0.2) is 51.2 Å². The molecule has 0 spiro atoms. The fraction of sp³-hybridized carbons (Fsp3) is 1.00. The molecule has 0 aromatic rings. The lowest BCUT2D eigenvalue weighted by Gasteiger charge is -2.37. The van der Waals surface area contributed by atoms with Crippen molar-refractivity contribution >= 4 is 23.2 Å². The molecular weight excluding hydrogens is 207 g/mol. The molecule has 1 aliphatic rings. The van der Waals surface area contributed by atoms with E-state index in [0.29, 0.717) is 0 Å². The van der Waals surface area contributed by atoms with Gasteiger partial charge in [0.2, 0.25) is 0 Å². The Morgan fingerprint density at radius 3 is 2.25 bits per heavy atom. The number of hydrogen-bond acceptors (Lipinski definition) is 4. The van der Waals surface area contributed by atoms with Crippen molar-refractivity contribution in [2.45, 2.75) is 30.0 Å². The molecule has 1 saturated heterocycles. The number of aliphatic hydroxyl groups excluding tert-OH is 3. The molecule has 3 N–H and O–H groups in total. The molecule has 0 unspecified atom stereocenters. The predicted octanol–water partition coefficient (Wildman–Crippen LogP) is -0.728. The molecule has 72 valence electrons. The molecule has 4 nitrogen and oxygen atoms in total. The van der Waals surface area contributed by atoms with Gasteiger partial charge in [0.1, 0.15) is 12.2 Å². The van der Waals surface area contributed by atoms with Gasteiger partial charge in [-0.25, -0.2) is 0 Å². The van der Waals surface area contributed by atoms with Gasteiger partial charge in [-0.3, -0.25) is 0 Å². The molecule has 1 rings (SSSR count). The molecule has 1 heterocycles. The Balaban J connectivity index is 2.63. The summed E-state index contributed by atoms with van der Waals surface area (Å²) in [6.07, 6.45) is -4.63. The molecular formula is C6H10Cl2O4. The molecule has 0 radical (unpaired) electrons. The monoisotopic (exact) mass is 216 g/mol. The highest BCUT2D eigenvalue weighted by atomic mass is 35.5. The quantitative estimate of drug-likeness (QED) is 0.506. The van der Waals surface area contributed by atoms with Gasteiger partial charge in [-0.2, -0.15) is 0 Å². The largest absolute Gasteiger partial charge is 0.389 e. The van der Waals surface area contributed by atoms with Crippen LogP contribution < -0.4 is 0 Å². The van der Waals surface area contributed by atoms with Crippen LogP contribution in [0.25, 0.3) is 0 Å². The van der Waals surface area contributed by atoms with Gasteiger partial charge in [0.15, 0.2) is 6.29 Å². The minimum absolute atomic E-state index is 0.0645. The minimum atomic E-state index is -1.42. The lowest BCUT2D eigenvalue weighted by atomic mass is 10.0. The molecule has 0 aromatic heterocycles. The van der Waals surface area contributed by atoms with E-state index < -0.39 is 30.0 Å². The van der Waals surface area contributed by atoms with Crippen LogP contribution in [0.15, 0.2) is 0 Å². The van der Waals surface area contributed by atoms with Crippen molar-refractivity contribution < 1.29 is 20.1 Å². The highest BCUT2D eigenvalue weighted by Gasteiger charge is 2.42. The lowest BCUT2D eigenvalue weighted by molar-refractivity contribution is -0.239. The Bertz CT molecular complexity index is 152. The Hall–Kier alpha value is 0.420. The summed E-state index contributed by atoms with van der Waals surface area (Å²) in [5.74, 6) is 0.0645.